The van der Waals surface area contributed by atoms with Gasteiger partial charge in [0.1, 0.15) is 5.52 Å². The maximum absolute atomic E-state index is 11.6. The summed E-state index contributed by atoms with van der Waals surface area (Å²) in [6.45, 7) is 0. The number of hydrogen-bond acceptors (Lipinski definition) is 3. The fourth-order valence-electron chi connectivity index (χ4n) is 1.16. The van der Waals surface area contributed by atoms with E-state index < -0.39 is 0 Å². The topological polar surface area (TPSA) is 51.0 Å². The fraction of sp³-hybridized carbons (Fsp3) is 0.125. The van der Waals surface area contributed by atoms with Crippen molar-refractivity contribution in [3.63, 3.8) is 0 Å². The molecule has 1 aromatic heterocycles. The smallest absolute Gasteiger partial charge is 0.311 e. The van der Waals surface area contributed by atoms with E-state index in [1.165, 1.54) is 9.35 Å². The molecule has 1 heterocycles. The van der Waals surface area contributed by atoms with Crippen molar-refractivity contribution in [2.45, 2.75) is 0 Å². The lowest BCUT2D eigenvalue weighted by Crippen LogP contribution is -2.23. The number of carbonyl (C=O) groups is 1. The highest BCUT2D eigenvalue weighted by Gasteiger charge is 2.12. The highest BCUT2D eigenvalue weighted by Crippen LogP contribution is 2.11. The van der Waals surface area contributed by atoms with Crippen LogP contribution >= 0.6 is 9.39 Å². The summed E-state index contributed by atoms with van der Waals surface area (Å²) in [4.78, 5) is 11.6. The zero-order valence-corrected chi connectivity index (χ0v) is 8.74. The van der Waals surface area contributed by atoms with Gasteiger partial charge in [-0.25, -0.2) is 4.79 Å². The third kappa shape index (κ3) is 1.36. The molecule has 0 aliphatic rings. The molecule has 0 N–H and O–H groups in total. The highest BCUT2D eigenvalue weighted by atomic mass is 31.0. The van der Waals surface area contributed by atoms with Crippen LogP contribution in [0.3, 0.4) is 0 Å². The number of hydrogen-bond donors (Lipinski definition) is 0. The lowest BCUT2D eigenvalue weighted by atomic mass is 10.3. The van der Waals surface area contributed by atoms with Gasteiger partial charge in [0.15, 0.2) is 0 Å². The molecule has 0 radical (unpaired) electrons. The van der Waals surface area contributed by atoms with E-state index in [1.807, 2.05) is 18.2 Å². The third-order valence-electron chi connectivity index (χ3n) is 1.83. The molecule has 1 unspecified atom stereocenters. The van der Waals surface area contributed by atoms with E-state index in [1.54, 1.807) is 13.1 Å². The summed E-state index contributed by atoms with van der Waals surface area (Å²) in [5.74, 6) is 0. The minimum absolute atomic E-state index is 0.233. The average Bonchev–Trinajstić information content (AvgIpc) is 2.60. The molecule has 2 rings (SSSR count). The third-order valence-corrected chi connectivity index (χ3v) is 2.06. The van der Waals surface area contributed by atoms with E-state index in [4.69, 9.17) is 0 Å². The quantitative estimate of drug-likeness (QED) is 0.609. The van der Waals surface area contributed by atoms with Crippen LogP contribution in [0.25, 0.3) is 11.0 Å². The summed E-state index contributed by atoms with van der Waals surface area (Å²) in [6, 6.07) is 7.09. The molecule has 0 saturated carbocycles. The molecule has 0 aliphatic heterocycles. The number of nitrogens with zero attached hydrogens (tertiary/aromatic N) is 4. The molecule has 0 fully saturated rings. The summed E-state index contributed by atoms with van der Waals surface area (Å²) < 4.78 is 2.64. The minimum Gasteiger partial charge on any atom is -0.311 e. The number of carbonyl (C=O) groups excluding carboxylic acids is 1. The lowest BCUT2D eigenvalue weighted by molar-refractivity contribution is 0.229. The number of aromatic nitrogens is 3. The number of amides is 1. The second-order valence-corrected chi connectivity index (χ2v) is 3.66. The van der Waals surface area contributed by atoms with Crippen LogP contribution in [0.4, 0.5) is 4.79 Å². The summed E-state index contributed by atoms with van der Waals surface area (Å²) in [7, 11) is 3.93. The Morgan fingerprint density at radius 2 is 2.21 bits per heavy atom. The minimum atomic E-state index is -0.233. The first-order chi connectivity index (χ1) is 6.70. The zero-order valence-electron chi connectivity index (χ0n) is 7.58. The van der Waals surface area contributed by atoms with E-state index in [9.17, 15) is 4.79 Å². The number of rotatable bonds is 0. The van der Waals surface area contributed by atoms with Gasteiger partial charge in [-0.1, -0.05) is 17.3 Å². The van der Waals surface area contributed by atoms with Gasteiger partial charge < -0.3 is 4.67 Å². The van der Waals surface area contributed by atoms with Gasteiger partial charge in [0.2, 0.25) is 0 Å². The Hall–Kier alpha value is -1.48. The van der Waals surface area contributed by atoms with E-state index in [0.29, 0.717) is 11.0 Å². The first-order valence-electron chi connectivity index (χ1n) is 4.03. The van der Waals surface area contributed by atoms with Crippen LogP contribution < -0.4 is 0 Å². The number of para-hydroxylation sites is 1. The summed E-state index contributed by atoms with van der Waals surface area (Å²) in [5.41, 5.74) is 1.43. The number of fused-ring (bicyclic) bond motifs is 1. The van der Waals surface area contributed by atoms with Crippen LogP contribution in [0.2, 0.25) is 0 Å². The molecule has 5 nitrogen and oxygen atoms in total. The highest BCUT2D eigenvalue weighted by molar-refractivity contribution is 7.14. The van der Waals surface area contributed by atoms with Crippen molar-refractivity contribution in [3.05, 3.63) is 24.3 Å². The zero-order chi connectivity index (χ0) is 10.1. The van der Waals surface area contributed by atoms with Gasteiger partial charge in [-0.15, -0.1) is 5.10 Å². The Kier molecular flexibility index (Phi) is 2.17. The normalized spacial score (nSPS) is 10.4. The Bertz CT molecular complexity index is 479. The Morgan fingerprint density at radius 1 is 1.50 bits per heavy atom. The molecule has 0 bridgehead atoms. The molecule has 0 spiro atoms. The van der Waals surface area contributed by atoms with Crippen LogP contribution in [-0.2, 0) is 0 Å². The van der Waals surface area contributed by atoms with Gasteiger partial charge in [-0.05, 0) is 21.5 Å². The van der Waals surface area contributed by atoms with Crippen molar-refractivity contribution in [2.75, 3.05) is 7.05 Å². The van der Waals surface area contributed by atoms with Crippen molar-refractivity contribution >= 4 is 26.5 Å². The van der Waals surface area contributed by atoms with Crippen molar-refractivity contribution in [1.29, 1.82) is 0 Å². The van der Waals surface area contributed by atoms with Crippen molar-refractivity contribution < 1.29 is 4.79 Å². The Morgan fingerprint density at radius 3 is 2.93 bits per heavy atom. The monoisotopic (exact) mass is 208 g/mol. The predicted molar refractivity (Wildman–Crippen MR) is 55.8 cm³/mol. The molecular weight excluding hydrogens is 199 g/mol. The van der Waals surface area contributed by atoms with Crippen LogP contribution in [0, 0.1) is 0 Å². The van der Waals surface area contributed by atoms with Gasteiger partial charge in [-0.3, -0.25) is 0 Å². The van der Waals surface area contributed by atoms with Crippen LogP contribution in [0.1, 0.15) is 0 Å². The summed E-state index contributed by atoms with van der Waals surface area (Å²) >= 11 is 0. The first kappa shape index (κ1) is 9.09. The average molecular weight is 208 g/mol. The van der Waals surface area contributed by atoms with E-state index in [0.717, 1.165) is 0 Å². The molecule has 1 aromatic carbocycles. The summed E-state index contributed by atoms with van der Waals surface area (Å²) in [6.07, 6.45) is 0. The van der Waals surface area contributed by atoms with Crippen LogP contribution in [0.5, 0.6) is 0 Å². The van der Waals surface area contributed by atoms with Gasteiger partial charge in [0.05, 0.1) is 5.52 Å². The number of benzene rings is 1. The molecule has 6 heteroatoms. The van der Waals surface area contributed by atoms with Crippen molar-refractivity contribution in [3.8, 4) is 0 Å². The van der Waals surface area contributed by atoms with E-state index >= 15 is 0 Å². The Labute approximate surface area is 82.9 Å². The van der Waals surface area contributed by atoms with Crippen LogP contribution in [-0.4, -0.2) is 32.7 Å². The van der Waals surface area contributed by atoms with E-state index in [2.05, 4.69) is 19.7 Å². The molecule has 2 aromatic rings. The second-order valence-electron chi connectivity index (χ2n) is 2.88. The molecule has 0 aliphatic carbocycles. The molecule has 1 amide bonds. The largest absolute Gasteiger partial charge is 0.349 e. The predicted octanol–water partition coefficient (Wildman–Crippen LogP) is 1.12. The molecule has 0 saturated heterocycles. The van der Waals surface area contributed by atoms with Gasteiger partial charge in [0.25, 0.3) is 0 Å². The van der Waals surface area contributed by atoms with Crippen LogP contribution in [0.15, 0.2) is 24.3 Å². The second kappa shape index (κ2) is 3.35. The molecule has 14 heavy (non-hydrogen) atoms. The van der Waals surface area contributed by atoms with Crippen molar-refractivity contribution in [2.24, 2.45) is 0 Å². The maximum Gasteiger partial charge on any atom is 0.349 e. The maximum atomic E-state index is 11.6. The van der Waals surface area contributed by atoms with E-state index in [-0.39, 0.29) is 6.03 Å². The van der Waals surface area contributed by atoms with Gasteiger partial charge in [-0.2, -0.15) is 4.68 Å². The van der Waals surface area contributed by atoms with Crippen molar-refractivity contribution in [1.82, 2.24) is 19.7 Å². The molecule has 1 atom stereocenters. The fourth-order valence-corrected chi connectivity index (χ4v) is 1.27. The van der Waals surface area contributed by atoms with Gasteiger partial charge in [0, 0.05) is 7.05 Å². The van der Waals surface area contributed by atoms with Gasteiger partial charge >= 0.3 is 6.03 Å². The molecule has 72 valence electrons. The Balaban J connectivity index is 2.58. The lowest BCUT2D eigenvalue weighted by Gasteiger charge is -2.08. The SMILES string of the molecule is CN(P)C(=O)n1nnc2ccccc21. The summed E-state index contributed by atoms with van der Waals surface area (Å²) in [5, 5.41) is 7.66. The standard InChI is InChI=1S/C8H9N4OP/c1-11(14)8(13)12-7-5-3-2-4-6(7)9-10-12/h2-5H,14H2,1H3. The first-order valence-corrected chi connectivity index (χ1v) is 4.55. The molecular formula is C8H9N4OP.